The molecule has 1 atom stereocenters. The third-order valence-corrected chi connectivity index (χ3v) is 6.93. The van der Waals surface area contributed by atoms with Crippen molar-refractivity contribution in [2.45, 2.75) is 25.4 Å². The van der Waals surface area contributed by atoms with E-state index in [4.69, 9.17) is 0 Å². The molecule has 1 saturated heterocycles. The van der Waals surface area contributed by atoms with E-state index >= 15 is 0 Å². The summed E-state index contributed by atoms with van der Waals surface area (Å²) in [6.07, 6.45) is 4.49. The Morgan fingerprint density at radius 3 is 2.62 bits per heavy atom. The number of aryl methyl sites for hydroxylation is 2. The van der Waals surface area contributed by atoms with E-state index in [0.29, 0.717) is 18.5 Å². The van der Waals surface area contributed by atoms with E-state index in [9.17, 15) is 14.4 Å². The van der Waals surface area contributed by atoms with Crippen molar-refractivity contribution in [2.24, 2.45) is 14.1 Å². The van der Waals surface area contributed by atoms with Crippen molar-refractivity contribution in [2.75, 3.05) is 0 Å². The fraction of sp³-hybridized carbons (Fsp3) is 0.231. The van der Waals surface area contributed by atoms with Gasteiger partial charge in [-0.2, -0.15) is 5.10 Å². The number of imide groups is 1. The first-order valence-electron chi connectivity index (χ1n) is 11.3. The van der Waals surface area contributed by atoms with Gasteiger partial charge in [0.15, 0.2) is 0 Å². The highest BCUT2D eigenvalue weighted by Gasteiger charge is 2.39. The number of benzene rings is 2. The lowest BCUT2D eigenvalue weighted by Crippen LogP contribution is -2.52. The molecule has 170 valence electrons. The molecule has 6 rings (SSSR count). The number of piperidine rings is 1. The fourth-order valence-corrected chi connectivity index (χ4v) is 5.16. The Morgan fingerprint density at radius 2 is 1.79 bits per heavy atom. The molecule has 4 aromatic rings. The molecule has 0 aliphatic carbocycles. The Hall–Kier alpha value is -4.20. The zero-order chi connectivity index (χ0) is 23.6. The van der Waals surface area contributed by atoms with Crippen LogP contribution in [0, 0.1) is 0 Å². The van der Waals surface area contributed by atoms with Crippen LogP contribution in [0.2, 0.25) is 0 Å². The molecule has 1 fully saturated rings. The van der Waals surface area contributed by atoms with Crippen molar-refractivity contribution in [3.8, 4) is 22.4 Å². The zero-order valence-electron chi connectivity index (χ0n) is 18.9. The number of aromatic nitrogens is 3. The van der Waals surface area contributed by atoms with Crippen LogP contribution in [0.1, 0.15) is 28.8 Å². The Kier molecular flexibility index (Phi) is 4.45. The highest BCUT2D eigenvalue weighted by Crippen LogP contribution is 2.36. The van der Waals surface area contributed by atoms with Gasteiger partial charge < -0.3 is 9.47 Å². The first-order valence-corrected chi connectivity index (χ1v) is 11.3. The molecule has 0 bridgehead atoms. The molecule has 1 N–H and O–H groups in total. The molecule has 2 aromatic carbocycles. The van der Waals surface area contributed by atoms with E-state index in [1.807, 2.05) is 49.4 Å². The molecule has 8 heteroatoms. The summed E-state index contributed by atoms with van der Waals surface area (Å²) in [5.41, 5.74) is 6.65. The molecule has 3 amide bonds. The average molecular weight is 454 g/mol. The number of carbonyl (C=O) groups excluding carboxylic acids is 3. The maximum absolute atomic E-state index is 13.0. The molecular weight excluding hydrogens is 430 g/mol. The van der Waals surface area contributed by atoms with Crippen LogP contribution in [-0.2, 0) is 30.2 Å². The number of hydrogen-bond acceptors (Lipinski definition) is 4. The number of nitrogens with one attached hydrogen (secondary N) is 1. The molecular formula is C26H23N5O3. The van der Waals surface area contributed by atoms with Crippen LogP contribution in [0.5, 0.6) is 0 Å². The first-order chi connectivity index (χ1) is 16.4. The second-order valence-corrected chi connectivity index (χ2v) is 9.00. The Balaban J connectivity index is 1.36. The number of rotatable bonds is 3. The maximum Gasteiger partial charge on any atom is 0.255 e. The number of amides is 3. The number of fused-ring (bicyclic) bond motifs is 2. The molecule has 0 saturated carbocycles. The number of carbonyl (C=O) groups is 3. The van der Waals surface area contributed by atoms with Gasteiger partial charge in [0.25, 0.3) is 5.91 Å². The van der Waals surface area contributed by atoms with Crippen LogP contribution in [-0.4, -0.2) is 43.0 Å². The van der Waals surface area contributed by atoms with Crippen LogP contribution in [0.25, 0.3) is 33.3 Å². The van der Waals surface area contributed by atoms with Gasteiger partial charge in [0, 0.05) is 60.9 Å². The smallest absolute Gasteiger partial charge is 0.255 e. The Bertz CT molecular complexity index is 1510. The topological polar surface area (TPSA) is 89.2 Å². The summed E-state index contributed by atoms with van der Waals surface area (Å²) < 4.78 is 3.96. The lowest BCUT2D eigenvalue weighted by molar-refractivity contribution is -0.136. The quantitative estimate of drug-likeness (QED) is 0.483. The summed E-state index contributed by atoms with van der Waals surface area (Å²) in [6.45, 7) is 0.347. The van der Waals surface area contributed by atoms with Crippen molar-refractivity contribution in [1.29, 1.82) is 0 Å². The van der Waals surface area contributed by atoms with Crippen LogP contribution >= 0.6 is 0 Å². The third-order valence-electron chi connectivity index (χ3n) is 6.93. The summed E-state index contributed by atoms with van der Waals surface area (Å²) in [7, 11) is 3.96. The molecule has 2 aliphatic heterocycles. The van der Waals surface area contributed by atoms with Crippen LogP contribution in [0.3, 0.4) is 0 Å². The molecule has 1 unspecified atom stereocenters. The van der Waals surface area contributed by atoms with Crippen molar-refractivity contribution in [3.05, 3.63) is 66.0 Å². The normalized spacial score (nSPS) is 18.0. The van der Waals surface area contributed by atoms with Gasteiger partial charge in [-0.15, -0.1) is 0 Å². The third kappa shape index (κ3) is 3.06. The first kappa shape index (κ1) is 20.4. The van der Waals surface area contributed by atoms with Crippen molar-refractivity contribution in [1.82, 2.24) is 24.6 Å². The van der Waals surface area contributed by atoms with Gasteiger partial charge in [-0.25, -0.2) is 0 Å². The van der Waals surface area contributed by atoms with Gasteiger partial charge in [0.1, 0.15) is 6.04 Å². The highest BCUT2D eigenvalue weighted by molar-refractivity contribution is 6.05. The van der Waals surface area contributed by atoms with Crippen molar-refractivity contribution < 1.29 is 14.4 Å². The standard InChI is InChI=1S/C26H23N5O3/c1-29-10-9-16-12-17(4-6-21(16)29)24-20(13-27-30(24)2)15-3-5-19-18(11-15)14-31(26(19)34)22-7-8-23(32)28-25(22)33/h3-6,9-13,22H,7-8,14H2,1-2H3,(H,28,32,33). The van der Waals surface area contributed by atoms with Crippen molar-refractivity contribution >= 4 is 28.6 Å². The van der Waals surface area contributed by atoms with Gasteiger partial charge in [-0.1, -0.05) is 12.1 Å². The second-order valence-electron chi connectivity index (χ2n) is 9.00. The van der Waals surface area contributed by atoms with E-state index < -0.39 is 11.9 Å². The molecule has 0 radical (unpaired) electrons. The fourth-order valence-electron chi connectivity index (χ4n) is 5.16. The SMILES string of the molecule is Cn1ncc(-c2ccc3c(c2)CN(C2CCC(=O)NC2=O)C3=O)c1-c1ccc2c(ccn2C)c1. The number of hydrogen-bond donors (Lipinski definition) is 1. The van der Waals surface area contributed by atoms with Crippen LogP contribution in [0.4, 0.5) is 0 Å². The van der Waals surface area contributed by atoms with E-state index in [2.05, 4.69) is 39.2 Å². The van der Waals surface area contributed by atoms with Gasteiger partial charge in [-0.3, -0.25) is 24.4 Å². The molecule has 8 nitrogen and oxygen atoms in total. The van der Waals surface area contributed by atoms with Crippen molar-refractivity contribution in [3.63, 3.8) is 0 Å². The predicted molar refractivity (Wildman–Crippen MR) is 127 cm³/mol. The van der Waals surface area contributed by atoms with Crippen LogP contribution < -0.4 is 5.32 Å². The number of nitrogens with zero attached hydrogens (tertiary/aromatic N) is 4. The summed E-state index contributed by atoms with van der Waals surface area (Å²) >= 11 is 0. The minimum Gasteiger partial charge on any atom is -0.351 e. The van der Waals surface area contributed by atoms with E-state index in [1.165, 1.54) is 0 Å². The van der Waals surface area contributed by atoms with E-state index in [1.54, 1.807) is 4.90 Å². The second kappa shape index (κ2) is 7.41. The van der Waals surface area contributed by atoms with Gasteiger partial charge in [0.05, 0.1) is 11.9 Å². The molecule has 2 aliphatic rings. The Labute approximate surface area is 195 Å². The molecule has 0 spiro atoms. The van der Waals surface area contributed by atoms with Gasteiger partial charge in [0.2, 0.25) is 11.8 Å². The lowest BCUT2D eigenvalue weighted by Gasteiger charge is -2.29. The highest BCUT2D eigenvalue weighted by atomic mass is 16.2. The summed E-state index contributed by atoms with van der Waals surface area (Å²) in [6, 6.07) is 13.6. The molecule has 2 aromatic heterocycles. The minimum atomic E-state index is -0.618. The van der Waals surface area contributed by atoms with Crippen LogP contribution in [0.15, 0.2) is 54.9 Å². The average Bonchev–Trinajstić information content (AvgIpc) is 3.49. The largest absolute Gasteiger partial charge is 0.351 e. The molecule has 4 heterocycles. The summed E-state index contributed by atoms with van der Waals surface area (Å²) in [5, 5.41) is 8.03. The minimum absolute atomic E-state index is 0.169. The Morgan fingerprint density at radius 1 is 0.971 bits per heavy atom. The zero-order valence-corrected chi connectivity index (χ0v) is 18.9. The summed E-state index contributed by atoms with van der Waals surface area (Å²) in [4.78, 5) is 38.5. The maximum atomic E-state index is 13.0. The lowest BCUT2D eigenvalue weighted by atomic mass is 9.97. The molecule has 34 heavy (non-hydrogen) atoms. The van der Waals surface area contributed by atoms with Gasteiger partial charge >= 0.3 is 0 Å². The van der Waals surface area contributed by atoms with Gasteiger partial charge in [-0.05, 0) is 47.9 Å². The summed E-state index contributed by atoms with van der Waals surface area (Å²) in [5.74, 6) is -0.856. The predicted octanol–water partition coefficient (Wildman–Crippen LogP) is 3.01. The van der Waals surface area contributed by atoms with E-state index in [-0.39, 0.29) is 18.2 Å². The monoisotopic (exact) mass is 453 g/mol. The van der Waals surface area contributed by atoms with E-state index in [0.717, 1.165) is 38.9 Å².